The van der Waals surface area contributed by atoms with Crippen LogP contribution >= 0.6 is 0 Å². The first-order chi connectivity index (χ1) is 9.90. The molecule has 0 spiro atoms. The van der Waals surface area contributed by atoms with E-state index in [1.807, 2.05) is 24.3 Å². The predicted molar refractivity (Wildman–Crippen MR) is 76.8 cm³/mol. The molecule has 3 rings (SSSR count). The van der Waals surface area contributed by atoms with Crippen LogP contribution in [0.25, 0.3) is 12.2 Å². The SMILES string of the molecule is C(=C\c1nc(CC2CCNCC2)no1)/c1cccnc1. The second-order valence-corrected chi connectivity index (χ2v) is 5.07. The van der Waals surface area contributed by atoms with E-state index in [4.69, 9.17) is 4.52 Å². The molecular formula is C15H18N4O. The van der Waals surface area contributed by atoms with Crippen molar-refractivity contribution in [3.05, 3.63) is 41.8 Å². The lowest BCUT2D eigenvalue weighted by atomic mass is 9.94. The topological polar surface area (TPSA) is 63.8 Å². The average molecular weight is 270 g/mol. The van der Waals surface area contributed by atoms with Gasteiger partial charge in [-0.1, -0.05) is 11.2 Å². The Morgan fingerprint density at radius 2 is 2.20 bits per heavy atom. The van der Waals surface area contributed by atoms with Gasteiger partial charge in [-0.05, 0) is 49.6 Å². The zero-order chi connectivity index (χ0) is 13.6. The van der Waals surface area contributed by atoms with Crippen molar-refractivity contribution in [1.82, 2.24) is 20.4 Å². The summed E-state index contributed by atoms with van der Waals surface area (Å²) in [5.74, 6) is 2.03. The van der Waals surface area contributed by atoms with E-state index in [1.165, 1.54) is 12.8 Å². The normalized spacial score (nSPS) is 16.8. The Morgan fingerprint density at radius 3 is 3.00 bits per heavy atom. The standard InChI is InChI=1S/C15H18N4O/c1-2-13(11-17-7-1)3-4-15-18-14(19-20-15)10-12-5-8-16-9-6-12/h1-4,7,11-12,16H,5-6,8-10H2/b4-3+. The number of rotatable bonds is 4. The molecule has 5 nitrogen and oxygen atoms in total. The molecule has 3 heterocycles. The van der Waals surface area contributed by atoms with Gasteiger partial charge in [-0.15, -0.1) is 0 Å². The highest BCUT2D eigenvalue weighted by molar-refractivity contribution is 5.65. The molecule has 0 aromatic carbocycles. The van der Waals surface area contributed by atoms with Crippen molar-refractivity contribution >= 4 is 12.2 Å². The fraction of sp³-hybridized carbons (Fsp3) is 0.400. The lowest BCUT2D eigenvalue weighted by Gasteiger charge is -2.20. The summed E-state index contributed by atoms with van der Waals surface area (Å²) in [7, 11) is 0. The van der Waals surface area contributed by atoms with Gasteiger partial charge in [0.05, 0.1) is 0 Å². The van der Waals surface area contributed by atoms with E-state index in [0.717, 1.165) is 30.9 Å². The summed E-state index contributed by atoms with van der Waals surface area (Å²) in [6.07, 6.45) is 10.6. The van der Waals surface area contributed by atoms with Crippen LogP contribution in [0.4, 0.5) is 0 Å². The number of hydrogen-bond acceptors (Lipinski definition) is 5. The highest BCUT2D eigenvalue weighted by Crippen LogP contribution is 2.16. The minimum atomic E-state index is 0.554. The van der Waals surface area contributed by atoms with Gasteiger partial charge in [-0.3, -0.25) is 4.98 Å². The third kappa shape index (κ3) is 3.51. The Balaban J connectivity index is 1.60. The quantitative estimate of drug-likeness (QED) is 0.922. The van der Waals surface area contributed by atoms with Crippen LogP contribution in [-0.4, -0.2) is 28.2 Å². The van der Waals surface area contributed by atoms with Crippen molar-refractivity contribution in [3.8, 4) is 0 Å². The van der Waals surface area contributed by atoms with Crippen LogP contribution in [-0.2, 0) is 6.42 Å². The van der Waals surface area contributed by atoms with Crippen molar-refractivity contribution in [2.75, 3.05) is 13.1 Å². The highest BCUT2D eigenvalue weighted by Gasteiger charge is 2.16. The maximum atomic E-state index is 5.24. The molecule has 2 aromatic heterocycles. The van der Waals surface area contributed by atoms with Gasteiger partial charge in [-0.2, -0.15) is 4.98 Å². The van der Waals surface area contributed by atoms with E-state index in [9.17, 15) is 0 Å². The molecule has 0 unspecified atom stereocenters. The molecule has 1 aliphatic heterocycles. The van der Waals surface area contributed by atoms with Crippen molar-refractivity contribution in [1.29, 1.82) is 0 Å². The molecular weight excluding hydrogens is 252 g/mol. The third-order valence-electron chi connectivity index (χ3n) is 3.52. The molecule has 1 saturated heterocycles. The van der Waals surface area contributed by atoms with Gasteiger partial charge in [0.1, 0.15) is 0 Å². The second-order valence-electron chi connectivity index (χ2n) is 5.07. The molecule has 104 valence electrons. The van der Waals surface area contributed by atoms with E-state index in [2.05, 4.69) is 20.4 Å². The molecule has 5 heteroatoms. The van der Waals surface area contributed by atoms with Crippen molar-refractivity contribution in [2.45, 2.75) is 19.3 Å². The Bertz CT molecular complexity index is 558. The minimum absolute atomic E-state index is 0.554. The molecule has 1 aliphatic rings. The van der Waals surface area contributed by atoms with Gasteiger partial charge in [-0.25, -0.2) is 0 Å². The molecule has 20 heavy (non-hydrogen) atoms. The van der Waals surface area contributed by atoms with Crippen LogP contribution in [0, 0.1) is 5.92 Å². The third-order valence-corrected chi connectivity index (χ3v) is 3.52. The molecule has 0 bridgehead atoms. The zero-order valence-electron chi connectivity index (χ0n) is 11.3. The van der Waals surface area contributed by atoms with Crippen LogP contribution < -0.4 is 5.32 Å². The van der Waals surface area contributed by atoms with Crippen LogP contribution in [0.15, 0.2) is 29.0 Å². The van der Waals surface area contributed by atoms with Crippen molar-refractivity contribution in [2.24, 2.45) is 5.92 Å². The highest BCUT2D eigenvalue weighted by atomic mass is 16.5. The fourth-order valence-corrected chi connectivity index (χ4v) is 2.40. The second kappa shape index (κ2) is 6.43. The van der Waals surface area contributed by atoms with Gasteiger partial charge < -0.3 is 9.84 Å². The lowest BCUT2D eigenvalue weighted by molar-refractivity contribution is 0.354. The largest absolute Gasteiger partial charge is 0.335 e. The molecule has 1 N–H and O–H groups in total. The van der Waals surface area contributed by atoms with Crippen LogP contribution in [0.2, 0.25) is 0 Å². The first-order valence-corrected chi connectivity index (χ1v) is 7.01. The number of nitrogens with zero attached hydrogens (tertiary/aromatic N) is 3. The van der Waals surface area contributed by atoms with E-state index in [-0.39, 0.29) is 0 Å². The van der Waals surface area contributed by atoms with Gasteiger partial charge in [0.15, 0.2) is 5.82 Å². The Hall–Kier alpha value is -2.01. The number of piperidine rings is 1. The molecule has 2 aromatic rings. The van der Waals surface area contributed by atoms with Crippen LogP contribution in [0.3, 0.4) is 0 Å². The van der Waals surface area contributed by atoms with Gasteiger partial charge in [0.2, 0.25) is 0 Å². The smallest absolute Gasteiger partial charge is 0.250 e. The number of hydrogen-bond donors (Lipinski definition) is 1. The average Bonchev–Trinajstić information content (AvgIpc) is 2.95. The first kappa shape index (κ1) is 13.0. The van der Waals surface area contributed by atoms with E-state index < -0.39 is 0 Å². The molecule has 0 amide bonds. The maximum absolute atomic E-state index is 5.24. The molecule has 0 aliphatic carbocycles. The Labute approximate surface area is 118 Å². The summed E-state index contributed by atoms with van der Waals surface area (Å²) in [6, 6.07) is 3.88. The van der Waals surface area contributed by atoms with Crippen molar-refractivity contribution in [3.63, 3.8) is 0 Å². The van der Waals surface area contributed by atoms with Crippen LogP contribution in [0.1, 0.15) is 30.1 Å². The molecule has 1 fully saturated rings. The van der Waals surface area contributed by atoms with Crippen LogP contribution in [0.5, 0.6) is 0 Å². The van der Waals surface area contributed by atoms with Crippen molar-refractivity contribution < 1.29 is 4.52 Å². The monoisotopic (exact) mass is 270 g/mol. The van der Waals surface area contributed by atoms with Gasteiger partial charge in [0, 0.05) is 24.9 Å². The van der Waals surface area contributed by atoms with E-state index in [1.54, 1.807) is 12.4 Å². The Morgan fingerprint density at radius 1 is 1.30 bits per heavy atom. The molecule has 0 atom stereocenters. The number of pyridine rings is 1. The number of aromatic nitrogens is 3. The minimum Gasteiger partial charge on any atom is -0.335 e. The summed E-state index contributed by atoms with van der Waals surface area (Å²) in [6.45, 7) is 2.19. The summed E-state index contributed by atoms with van der Waals surface area (Å²) in [5.41, 5.74) is 1.02. The molecule has 0 saturated carbocycles. The molecule has 0 radical (unpaired) electrons. The zero-order valence-corrected chi connectivity index (χ0v) is 11.3. The first-order valence-electron chi connectivity index (χ1n) is 7.01. The van der Waals surface area contributed by atoms with E-state index >= 15 is 0 Å². The summed E-state index contributed by atoms with van der Waals surface area (Å²) in [5, 5.41) is 7.41. The summed E-state index contributed by atoms with van der Waals surface area (Å²) in [4.78, 5) is 8.47. The van der Waals surface area contributed by atoms with Gasteiger partial charge >= 0.3 is 0 Å². The number of nitrogens with one attached hydrogen (secondary N) is 1. The maximum Gasteiger partial charge on any atom is 0.250 e. The Kier molecular flexibility index (Phi) is 4.18. The van der Waals surface area contributed by atoms with Gasteiger partial charge in [0.25, 0.3) is 5.89 Å². The summed E-state index contributed by atoms with van der Waals surface area (Å²) >= 11 is 0. The van der Waals surface area contributed by atoms with E-state index in [0.29, 0.717) is 11.8 Å². The lowest BCUT2D eigenvalue weighted by Crippen LogP contribution is -2.28. The predicted octanol–water partition coefficient (Wildman–Crippen LogP) is 2.18. The fourth-order valence-electron chi connectivity index (χ4n) is 2.40. The summed E-state index contributed by atoms with van der Waals surface area (Å²) < 4.78 is 5.24.